The summed E-state index contributed by atoms with van der Waals surface area (Å²) in [5, 5.41) is 7.58. The highest BCUT2D eigenvalue weighted by atomic mass is 35.5. The molecule has 9 heteroatoms. The molecule has 4 aromatic rings. The normalized spacial score (nSPS) is 11.2. The van der Waals surface area contributed by atoms with Crippen molar-refractivity contribution in [2.75, 3.05) is 5.75 Å². The standard InChI is InChI=1S/C24H19ClN4O2S2/c1-2-12-29-23(31)21-19(17-6-4-3-5-7-17)14-32-22(21)27-24(29)33-15-20(30)28-26-13-16-8-10-18(25)11-9-16/h2-11,13-14H,1,12,15H2,(H,28,30)/b26-13+. The maximum atomic E-state index is 13.3. The van der Waals surface area contributed by atoms with Gasteiger partial charge in [0.05, 0.1) is 17.4 Å². The number of allylic oxidation sites excluding steroid dienone is 1. The third-order valence-electron chi connectivity index (χ3n) is 4.66. The van der Waals surface area contributed by atoms with E-state index in [4.69, 9.17) is 11.6 Å². The second-order valence-electron chi connectivity index (χ2n) is 6.93. The van der Waals surface area contributed by atoms with Crippen LogP contribution >= 0.6 is 34.7 Å². The third kappa shape index (κ3) is 5.42. The summed E-state index contributed by atoms with van der Waals surface area (Å²) < 4.78 is 1.55. The van der Waals surface area contributed by atoms with Crippen molar-refractivity contribution >= 4 is 57.0 Å². The first-order chi connectivity index (χ1) is 16.1. The van der Waals surface area contributed by atoms with E-state index in [9.17, 15) is 9.59 Å². The Morgan fingerprint density at radius 3 is 2.70 bits per heavy atom. The fourth-order valence-electron chi connectivity index (χ4n) is 3.13. The number of thioether (sulfide) groups is 1. The second kappa shape index (κ2) is 10.6. The molecular formula is C24H19ClN4O2S2. The van der Waals surface area contributed by atoms with E-state index in [1.165, 1.54) is 29.3 Å². The van der Waals surface area contributed by atoms with Gasteiger partial charge in [0.2, 0.25) is 0 Å². The van der Waals surface area contributed by atoms with E-state index >= 15 is 0 Å². The number of hydrazone groups is 1. The number of fused-ring (bicyclic) bond motifs is 1. The van der Waals surface area contributed by atoms with Crippen molar-refractivity contribution in [1.29, 1.82) is 0 Å². The van der Waals surface area contributed by atoms with E-state index < -0.39 is 0 Å². The molecule has 4 rings (SSSR count). The van der Waals surface area contributed by atoms with Crippen LogP contribution in [0.15, 0.2) is 87.7 Å². The summed E-state index contributed by atoms with van der Waals surface area (Å²) in [7, 11) is 0. The van der Waals surface area contributed by atoms with E-state index in [2.05, 4.69) is 22.1 Å². The molecular weight excluding hydrogens is 476 g/mol. The highest BCUT2D eigenvalue weighted by Gasteiger charge is 2.17. The van der Waals surface area contributed by atoms with Gasteiger partial charge < -0.3 is 0 Å². The van der Waals surface area contributed by atoms with Gasteiger partial charge in [0, 0.05) is 22.5 Å². The summed E-state index contributed by atoms with van der Waals surface area (Å²) in [6, 6.07) is 16.8. The van der Waals surface area contributed by atoms with Gasteiger partial charge in [-0.25, -0.2) is 10.4 Å². The molecule has 0 aliphatic carbocycles. The minimum absolute atomic E-state index is 0.0595. The van der Waals surface area contributed by atoms with Gasteiger partial charge in [-0.05, 0) is 23.3 Å². The van der Waals surface area contributed by atoms with Crippen molar-refractivity contribution < 1.29 is 4.79 Å². The number of thiophene rings is 1. The van der Waals surface area contributed by atoms with E-state index in [-0.39, 0.29) is 17.2 Å². The number of rotatable bonds is 8. The first-order valence-corrected chi connectivity index (χ1v) is 12.2. The Bertz CT molecular complexity index is 1380. The van der Waals surface area contributed by atoms with Crippen LogP contribution < -0.4 is 11.0 Å². The lowest BCUT2D eigenvalue weighted by Crippen LogP contribution is -2.24. The molecule has 0 spiro atoms. The number of hydrogen-bond donors (Lipinski definition) is 1. The minimum Gasteiger partial charge on any atom is -0.283 e. The van der Waals surface area contributed by atoms with Gasteiger partial charge >= 0.3 is 0 Å². The number of benzene rings is 2. The van der Waals surface area contributed by atoms with Crippen LogP contribution in [0.4, 0.5) is 0 Å². The smallest absolute Gasteiger partial charge is 0.263 e. The van der Waals surface area contributed by atoms with Gasteiger partial charge in [-0.3, -0.25) is 14.2 Å². The Balaban J connectivity index is 1.53. The van der Waals surface area contributed by atoms with Crippen molar-refractivity contribution in [3.63, 3.8) is 0 Å². The summed E-state index contributed by atoms with van der Waals surface area (Å²) in [5.74, 6) is -0.245. The third-order valence-corrected chi connectivity index (χ3v) is 6.76. The molecule has 2 heterocycles. The highest BCUT2D eigenvalue weighted by Crippen LogP contribution is 2.32. The molecule has 0 saturated heterocycles. The van der Waals surface area contributed by atoms with Gasteiger partial charge in [-0.1, -0.05) is 71.9 Å². The number of amides is 1. The monoisotopic (exact) mass is 494 g/mol. The van der Waals surface area contributed by atoms with Crippen molar-refractivity contribution in [1.82, 2.24) is 15.0 Å². The summed E-state index contributed by atoms with van der Waals surface area (Å²) >= 11 is 8.46. The fourth-order valence-corrected chi connectivity index (χ4v) is 5.04. The van der Waals surface area contributed by atoms with Gasteiger partial charge in [-0.15, -0.1) is 17.9 Å². The molecule has 0 aliphatic rings. The van der Waals surface area contributed by atoms with Crippen LogP contribution in [0.1, 0.15) is 5.56 Å². The summed E-state index contributed by atoms with van der Waals surface area (Å²) in [6.45, 7) is 4.05. The zero-order valence-electron chi connectivity index (χ0n) is 17.4. The maximum absolute atomic E-state index is 13.3. The Kier molecular flexibility index (Phi) is 7.39. The molecule has 0 fully saturated rings. The summed E-state index contributed by atoms with van der Waals surface area (Å²) in [6.07, 6.45) is 3.18. The molecule has 2 aromatic carbocycles. The zero-order valence-corrected chi connectivity index (χ0v) is 19.8. The number of nitrogens with zero attached hydrogens (tertiary/aromatic N) is 3. The quantitative estimate of drug-likeness (QED) is 0.120. The van der Waals surface area contributed by atoms with Crippen LogP contribution in [-0.2, 0) is 11.3 Å². The number of halogens is 1. The lowest BCUT2D eigenvalue weighted by molar-refractivity contribution is -0.118. The van der Waals surface area contributed by atoms with Gasteiger partial charge in [-0.2, -0.15) is 5.10 Å². The number of aromatic nitrogens is 2. The van der Waals surface area contributed by atoms with Crippen molar-refractivity contribution in [2.45, 2.75) is 11.7 Å². The van der Waals surface area contributed by atoms with Gasteiger partial charge in [0.25, 0.3) is 11.5 Å². The van der Waals surface area contributed by atoms with E-state index in [1.54, 1.807) is 34.9 Å². The first-order valence-electron chi connectivity index (χ1n) is 9.95. The van der Waals surface area contributed by atoms with E-state index in [1.807, 2.05) is 35.7 Å². The number of carbonyl (C=O) groups is 1. The molecule has 0 aliphatic heterocycles. The minimum atomic E-state index is -0.305. The molecule has 0 saturated carbocycles. The highest BCUT2D eigenvalue weighted by molar-refractivity contribution is 7.99. The lowest BCUT2D eigenvalue weighted by atomic mass is 10.1. The second-order valence-corrected chi connectivity index (χ2v) is 9.16. The zero-order chi connectivity index (χ0) is 23.2. The van der Waals surface area contributed by atoms with Gasteiger partial charge in [0.1, 0.15) is 4.83 Å². The summed E-state index contributed by atoms with van der Waals surface area (Å²) in [4.78, 5) is 30.9. The predicted molar refractivity (Wildman–Crippen MR) is 137 cm³/mol. The molecule has 0 radical (unpaired) electrons. The predicted octanol–water partition coefficient (Wildman–Crippen LogP) is 5.21. The van der Waals surface area contributed by atoms with Crippen molar-refractivity contribution in [3.05, 3.63) is 93.6 Å². The van der Waals surface area contributed by atoms with E-state index in [0.29, 0.717) is 26.9 Å². The molecule has 2 aromatic heterocycles. The lowest BCUT2D eigenvalue weighted by Gasteiger charge is -2.10. The Morgan fingerprint density at radius 1 is 1.21 bits per heavy atom. The van der Waals surface area contributed by atoms with Crippen LogP contribution in [0.5, 0.6) is 0 Å². The van der Waals surface area contributed by atoms with E-state index in [0.717, 1.165) is 16.7 Å². The average Bonchev–Trinajstić information content (AvgIpc) is 3.26. The Morgan fingerprint density at radius 2 is 1.97 bits per heavy atom. The molecule has 1 N–H and O–H groups in total. The Hall–Kier alpha value is -3.20. The van der Waals surface area contributed by atoms with Crippen LogP contribution in [0.3, 0.4) is 0 Å². The number of hydrogen-bond acceptors (Lipinski definition) is 6. The Labute approximate surface area is 203 Å². The molecule has 33 heavy (non-hydrogen) atoms. The molecule has 0 unspecified atom stereocenters. The number of nitrogens with one attached hydrogen (secondary N) is 1. The fraction of sp³-hybridized carbons (Fsp3) is 0.0833. The number of carbonyl (C=O) groups excluding carboxylic acids is 1. The first kappa shape index (κ1) is 23.0. The van der Waals surface area contributed by atoms with Crippen LogP contribution in [0, 0.1) is 0 Å². The molecule has 6 nitrogen and oxygen atoms in total. The molecule has 166 valence electrons. The van der Waals surface area contributed by atoms with Crippen LogP contribution in [0.25, 0.3) is 21.3 Å². The van der Waals surface area contributed by atoms with Crippen LogP contribution in [-0.4, -0.2) is 27.4 Å². The molecule has 0 bridgehead atoms. The average molecular weight is 495 g/mol. The SMILES string of the molecule is C=CCn1c(SCC(=O)N/N=C/c2ccc(Cl)cc2)nc2scc(-c3ccccc3)c2c1=O. The van der Waals surface area contributed by atoms with Crippen molar-refractivity contribution in [3.8, 4) is 11.1 Å². The molecule has 0 atom stereocenters. The van der Waals surface area contributed by atoms with Gasteiger partial charge in [0.15, 0.2) is 5.16 Å². The van der Waals surface area contributed by atoms with Crippen LogP contribution in [0.2, 0.25) is 5.02 Å². The van der Waals surface area contributed by atoms with Crippen molar-refractivity contribution in [2.24, 2.45) is 5.10 Å². The maximum Gasteiger partial charge on any atom is 0.263 e. The largest absolute Gasteiger partial charge is 0.283 e. The topological polar surface area (TPSA) is 76.3 Å². The summed E-state index contributed by atoms with van der Waals surface area (Å²) in [5.41, 5.74) is 4.97. The molecule has 1 amide bonds.